The fourth-order valence-corrected chi connectivity index (χ4v) is 4.52. The molecule has 1 saturated heterocycles. The average Bonchev–Trinajstić information content (AvgIpc) is 2.95. The molecule has 0 bridgehead atoms. The summed E-state index contributed by atoms with van der Waals surface area (Å²) >= 11 is 13.4. The number of hydrogen-bond acceptors (Lipinski definition) is 4. The molecule has 142 valence electrons. The van der Waals surface area contributed by atoms with E-state index in [0.717, 1.165) is 17.3 Å². The number of carbonyl (C=O) groups is 2. The number of primary amides is 1. The van der Waals surface area contributed by atoms with Crippen molar-refractivity contribution >= 4 is 52.5 Å². The van der Waals surface area contributed by atoms with Crippen molar-refractivity contribution in [2.75, 3.05) is 4.90 Å². The van der Waals surface area contributed by atoms with Crippen LogP contribution in [0.2, 0.25) is 10.0 Å². The van der Waals surface area contributed by atoms with Gasteiger partial charge in [0.05, 0.1) is 5.25 Å². The normalized spacial score (nSPS) is 18.1. The van der Waals surface area contributed by atoms with Crippen LogP contribution in [0.5, 0.6) is 0 Å². The first-order valence-corrected chi connectivity index (χ1v) is 9.90. The molecule has 1 aliphatic rings. The fourth-order valence-electron chi connectivity index (χ4n) is 2.83. The van der Waals surface area contributed by atoms with E-state index in [-0.39, 0.29) is 16.5 Å². The summed E-state index contributed by atoms with van der Waals surface area (Å²) in [6.45, 7) is 1.93. The van der Waals surface area contributed by atoms with Crippen LogP contribution >= 0.6 is 35.0 Å². The number of nitriles is 1. The number of amides is 2. The summed E-state index contributed by atoms with van der Waals surface area (Å²) in [5.74, 6) is -1.13. The lowest BCUT2D eigenvalue weighted by Crippen LogP contribution is -2.31. The zero-order valence-electron chi connectivity index (χ0n) is 14.8. The van der Waals surface area contributed by atoms with E-state index >= 15 is 0 Å². The van der Waals surface area contributed by atoms with E-state index in [2.05, 4.69) is 0 Å². The van der Waals surface area contributed by atoms with Gasteiger partial charge < -0.3 is 5.73 Å². The van der Waals surface area contributed by atoms with Gasteiger partial charge in [-0.1, -0.05) is 52.7 Å². The molecular weight excluding hydrogens is 417 g/mol. The van der Waals surface area contributed by atoms with Crippen molar-refractivity contribution in [3.05, 3.63) is 74.2 Å². The number of hydrogen-bond donors (Lipinski definition) is 1. The van der Waals surface area contributed by atoms with Gasteiger partial charge in [0.15, 0.2) is 0 Å². The lowest BCUT2D eigenvalue weighted by molar-refractivity contribution is -0.117. The zero-order valence-corrected chi connectivity index (χ0v) is 17.1. The van der Waals surface area contributed by atoms with E-state index in [4.69, 9.17) is 28.9 Å². The Labute approximate surface area is 176 Å². The number of anilines is 1. The van der Waals surface area contributed by atoms with Crippen LogP contribution in [-0.2, 0) is 16.0 Å². The highest BCUT2D eigenvalue weighted by Crippen LogP contribution is 2.42. The van der Waals surface area contributed by atoms with Gasteiger partial charge in [0, 0.05) is 15.7 Å². The van der Waals surface area contributed by atoms with Gasteiger partial charge in [0.2, 0.25) is 5.91 Å². The van der Waals surface area contributed by atoms with Gasteiger partial charge in [-0.3, -0.25) is 14.5 Å². The average molecular weight is 432 g/mol. The first kappa shape index (κ1) is 20.3. The molecule has 2 N–H and O–H groups in total. The number of carbonyl (C=O) groups excluding carboxylic acids is 2. The van der Waals surface area contributed by atoms with Crippen molar-refractivity contribution in [1.29, 1.82) is 5.26 Å². The lowest BCUT2D eigenvalue weighted by atomic mass is 10.1. The number of benzene rings is 2. The Morgan fingerprint density at radius 3 is 2.54 bits per heavy atom. The van der Waals surface area contributed by atoms with Gasteiger partial charge in [0.25, 0.3) is 5.91 Å². The largest absolute Gasteiger partial charge is 0.365 e. The summed E-state index contributed by atoms with van der Waals surface area (Å²) in [6.07, 6.45) is 0.298. The molecule has 2 amide bonds. The maximum absolute atomic E-state index is 13.2. The standard InChI is InChI=1S/C20H15Cl2N3O2S/c1-11-2-5-14(6-3-11)25-19(27)17(28-20(25)15(10-23)18(24)26)9-12-8-13(21)4-7-16(12)22/h2-8,17H,9H2,1H3,(H2,24,26). The highest BCUT2D eigenvalue weighted by atomic mass is 35.5. The third-order valence-corrected chi connectivity index (χ3v) is 6.10. The predicted octanol–water partition coefficient (Wildman–Crippen LogP) is 4.21. The van der Waals surface area contributed by atoms with Crippen LogP contribution in [0.15, 0.2) is 53.1 Å². The van der Waals surface area contributed by atoms with Crippen molar-refractivity contribution in [2.24, 2.45) is 5.73 Å². The zero-order chi connectivity index (χ0) is 20.4. The molecule has 8 heteroatoms. The Morgan fingerprint density at radius 2 is 1.93 bits per heavy atom. The summed E-state index contributed by atoms with van der Waals surface area (Å²) in [4.78, 5) is 26.3. The Morgan fingerprint density at radius 1 is 1.25 bits per heavy atom. The highest BCUT2D eigenvalue weighted by Gasteiger charge is 2.40. The maximum Gasteiger partial charge on any atom is 0.262 e. The maximum atomic E-state index is 13.2. The molecule has 2 aromatic carbocycles. The third kappa shape index (κ3) is 4.02. The van der Waals surface area contributed by atoms with E-state index in [9.17, 15) is 14.9 Å². The molecule has 1 atom stereocenters. The Kier molecular flexibility index (Phi) is 5.99. The molecule has 1 unspecified atom stereocenters. The summed E-state index contributed by atoms with van der Waals surface area (Å²) in [5, 5.41) is 10.1. The van der Waals surface area contributed by atoms with Gasteiger partial charge in [0.1, 0.15) is 16.7 Å². The third-order valence-electron chi connectivity index (χ3n) is 4.23. The minimum absolute atomic E-state index is 0.229. The second-order valence-corrected chi connectivity index (χ2v) is 8.25. The lowest BCUT2D eigenvalue weighted by Gasteiger charge is -2.18. The van der Waals surface area contributed by atoms with Gasteiger partial charge in [-0.25, -0.2) is 0 Å². The van der Waals surface area contributed by atoms with Crippen molar-refractivity contribution in [2.45, 2.75) is 18.6 Å². The molecule has 2 aromatic rings. The number of halogens is 2. The summed E-state index contributed by atoms with van der Waals surface area (Å²) in [5.41, 5.74) is 7.41. The van der Waals surface area contributed by atoms with Gasteiger partial charge in [-0.05, 0) is 49.2 Å². The first-order chi connectivity index (χ1) is 13.3. The van der Waals surface area contributed by atoms with Crippen LogP contribution in [0.4, 0.5) is 5.69 Å². The number of thioether (sulfide) groups is 1. The molecular formula is C20H15Cl2N3O2S. The fraction of sp³-hybridized carbons (Fsp3) is 0.150. The molecule has 28 heavy (non-hydrogen) atoms. The number of aryl methyl sites for hydroxylation is 1. The molecule has 0 radical (unpaired) electrons. The van der Waals surface area contributed by atoms with E-state index < -0.39 is 11.2 Å². The predicted molar refractivity (Wildman–Crippen MR) is 112 cm³/mol. The van der Waals surface area contributed by atoms with E-state index in [1.165, 1.54) is 4.90 Å². The van der Waals surface area contributed by atoms with Crippen molar-refractivity contribution in [3.8, 4) is 6.07 Å². The highest BCUT2D eigenvalue weighted by molar-refractivity contribution is 8.05. The van der Waals surface area contributed by atoms with E-state index in [1.54, 1.807) is 30.3 Å². The minimum atomic E-state index is -0.878. The smallest absolute Gasteiger partial charge is 0.262 e. The number of nitrogens with two attached hydrogens (primary N) is 1. The molecule has 0 spiro atoms. The topological polar surface area (TPSA) is 87.2 Å². The quantitative estimate of drug-likeness (QED) is 0.579. The van der Waals surface area contributed by atoms with Gasteiger partial charge in [-0.2, -0.15) is 5.26 Å². The summed E-state index contributed by atoms with van der Waals surface area (Å²) in [6, 6.07) is 14.1. The molecule has 1 heterocycles. The second kappa shape index (κ2) is 8.27. The molecule has 0 aromatic heterocycles. The molecule has 5 nitrogen and oxygen atoms in total. The minimum Gasteiger partial charge on any atom is -0.365 e. The van der Waals surface area contributed by atoms with Crippen LogP contribution in [0.25, 0.3) is 0 Å². The van der Waals surface area contributed by atoms with Crippen molar-refractivity contribution in [1.82, 2.24) is 0 Å². The molecule has 0 aliphatic carbocycles. The van der Waals surface area contributed by atoms with E-state index in [1.807, 2.05) is 25.1 Å². The first-order valence-electron chi connectivity index (χ1n) is 8.27. The van der Waals surface area contributed by atoms with Crippen LogP contribution in [-0.4, -0.2) is 17.1 Å². The van der Waals surface area contributed by atoms with Crippen LogP contribution in [0, 0.1) is 18.3 Å². The van der Waals surface area contributed by atoms with Crippen LogP contribution < -0.4 is 10.6 Å². The SMILES string of the molecule is Cc1ccc(N2C(=O)C(Cc3cc(Cl)ccc3Cl)SC2=C(C#N)C(N)=O)cc1. The van der Waals surface area contributed by atoms with Crippen LogP contribution in [0.1, 0.15) is 11.1 Å². The Balaban J connectivity index is 2.05. The van der Waals surface area contributed by atoms with Gasteiger partial charge in [-0.15, -0.1) is 0 Å². The molecule has 1 fully saturated rings. The second-order valence-electron chi connectivity index (χ2n) is 6.21. The van der Waals surface area contributed by atoms with Gasteiger partial charge >= 0.3 is 0 Å². The summed E-state index contributed by atoms with van der Waals surface area (Å²) in [7, 11) is 0. The van der Waals surface area contributed by atoms with Crippen LogP contribution in [0.3, 0.4) is 0 Å². The van der Waals surface area contributed by atoms with Crippen molar-refractivity contribution in [3.63, 3.8) is 0 Å². The number of nitrogens with zero attached hydrogens (tertiary/aromatic N) is 2. The molecule has 1 aliphatic heterocycles. The summed E-state index contributed by atoms with van der Waals surface area (Å²) < 4.78 is 0. The van der Waals surface area contributed by atoms with E-state index in [0.29, 0.717) is 27.7 Å². The monoisotopic (exact) mass is 431 g/mol. The Bertz CT molecular complexity index is 1030. The molecule has 0 saturated carbocycles. The number of rotatable bonds is 4. The molecule has 3 rings (SSSR count). The Hall–Kier alpha value is -2.46. The van der Waals surface area contributed by atoms with Crippen molar-refractivity contribution < 1.29 is 9.59 Å².